The minimum atomic E-state index is -0.301. The molecule has 6 nitrogen and oxygen atoms in total. The molecule has 1 aliphatic rings. The molecule has 1 fully saturated rings. The lowest BCUT2D eigenvalue weighted by atomic mass is 10.1. The van der Waals surface area contributed by atoms with Crippen LogP contribution in [0.25, 0.3) is 11.0 Å². The molecule has 0 unspecified atom stereocenters. The largest absolute Gasteiger partial charge is 0.348 e. The average Bonchev–Trinajstić information content (AvgIpc) is 3.19. The summed E-state index contributed by atoms with van der Waals surface area (Å²) < 4.78 is 0. The van der Waals surface area contributed by atoms with Crippen LogP contribution < -0.4 is 11.0 Å². The second kappa shape index (κ2) is 6.80. The van der Waals surface area contributed by atoms with Crippen molar-refractivity contribution >= 4 is 16.9 Å². The second-order valence-electron chi connectivity index (χ2n) is 6.99. The Morgan fingerprint density at radius 3 is 2.92 bits per heavy atom. The summed E-state index contributed by atoms with van der Waals surface area (Å²) in [6.07, 6.45) is 0.928. The fourth-order valence-electron chi connectivity index (χ4n) is 3.67. The van der Waals surface area contributed by atoms with E-state index in [9.17, 15) is 9.59 Å². The number of hydrogen-bond donors (Lipinski definition) is 3. The van der Waals surface area contributed by atoms with Gasteiger partial charge < -0.3 is 15.3 Å². The van der Waals surface area contributed by atoms with Crippen LogP contribution in [0.2, 0.25) is 0 Å². The monoisotopic (exact) mass is 350 g/mol. The van der Waals surface area contributed by atoms with E-state index in [1.165, 1.54) is 11.1 Å². The molecule has 2 heterocycles. The molecule has 0 bridgehead atoms. The number of fused-ring (bicyclic) bond motifs is 1. The van der Waals surface area contributed by atoms with Crippen molar-refractivity contribution in [3.8, 4) is 0 Å². The fraction of sp³-hybridized carbons (Fsp3) is 0.300. The predicted molar refractivity (Wildman–Crippen MR) is 101 cm³/mol. The Morgan fingerprint density at radius 1 is 1.23 bits per heavy atom. The number of amides is 1. The molecule has 1 aliphatic heterocycles. The molecule has 3 aromatic rings. The lowest BCUT2D eigenvalue weighted by molar-refractivity contribution is 0.0939. The summed E-state index contributed by atoms with van der Waals surface area (Å²) in [5.41, 5.74) is 3.97. The van der Waals surface area contributed by atoms with Crippen LogP contribution in [0.15, 0.2) is 47.3 Å². The van der Waals surface area contributed by atoms with Crippen LogP contribution in [-0.2, 0) is 6.54 Å². The molecule has 1 aromatic heterocycles. The van der Waals surface area contributed by atoms with Crippen molar-refractivity contribution in [2.75, 3.05) is 13.1 Å². The number of hydrogen-bond acceptors (Lipinski definition) is 3. The third-order valence-corrected chi connectivity index (χ3v) is 4.89. The molecule has 134 valence electrons. The Balaban J connectivity index is 1.41. The van der Waals surface area contributed by atoms with E-state index in [0.29, 0.717) is 16.6 Å². The number of aryl methyl sites for hydroxylation is 1. The molecule has 0 aliphatic carbocycles. The highest BCUT2D eigenvalue weighted by Crippen LogP contribution is 2.17. The van der Waals surface area contributed by atoms with Gasteiger partial charge >= 0.3 is 5.69 Å². The Hall–Kier alpha value is -2.86. The van der Waals surface area contributed by atoms with Crippen molar-refractivity contribution in [1.82, 2.24) is 20.2 Å². The smallest absolute Gasteiger partial charge is 0.323 e. The van der Waals surface area contributed by atoms with E-state index < -0.39 is 0 Å². The van der Waals surface area contributed by atoms with Crippen molar-refractivity contribution in [2.45, 2.75) is 25.9 Å². The highest BCUT2D eigenvalue weighted by Gasteiger charge is 2.25. The van der Waals surface area contributed by atoms with Gasteiger partial charge in [-0.05, 0) is 31.0 Å². The van der Waals surface area contributed by atoms with Gasteiger partial charge in [-0.1, -0.05) is 35.9 Å². The van der Waals surface area contributed by atoms with E-state index in [2.05, 4.69) is 51.4 Å². The van der Waals surface area contributed by atoms with E-state index in [4.69, 9.17) is 0 Å². The van der Waals surface area contributed by atoms with Crippen LogP contribution in [0, 0.1) is 6.92 Å². The summed E-state index contributed by atoms with van der Waals surface area (Å²) in [7, 11) is 0. The summed E-state index contributed by atoms with van der Waals surface area (Å²) in [5, 5.41) is 3.11. The first-order valence-electron chi connectivity index (χ1n) is 8.88. The Labute approximate surface area is 151 Å². The molecule has 0 spiro atoms. The summed E-state index contributed by atoms with van der Waals surface area (Å²) in [6.45, 7) is 4.79. The molecule has 26 heavy (non-hydrogen) atoms. The zero-order valence-electron chi connectivity index (χ0n) is 14.7. The summed E-state index contributed by atoms with van der Waals surface area (Å²) in [4.78, 5) is 31.9. The number of imidazole rings is 1. The topological polar surface area (TPSA) is 81.0 Å². The van der Waals surface area contributed by atoms with Gasteiger partial charge in [0, 0.05) is 25.7 Å². The highest BCUT2D eigenvalue weighted by atomic mass is 16.2. The minimum Gasteiger partial charge on any atom is -0.348 e. The van der Waals surface area contributed by atoms with Crippen LogP contribution in [0.5, 0.6) is 0 Å². The third kappa shape index (κ3) is 3.41. The van der Waals surface area contributed by atoms with Crippen molar-refractivity contribution < 1.29 is 4.79 Å². The van der Waals surface area contributed by atoms with Crippen LogP contribution in [0.1, 0.15) is 27.9 Å². The molecule has 0 saturated carbocycles. The first-order valence-corrected chi connectivity index (χ1v) is 8.88. The number of likely N-dealkylation sites (tertiary alicyclic amines) is 1. The quantitative estimate of drug-likeness (QED) is 0.674. The van der Waals surface area contributed by atoms with E-state index in [1.54, 1.807) is 18.2 Å². The van der Waals surface area contributed by atoms with Crippen LogP contribution in [0.3, 0.4) is 0 Å². The number of carbonyl (C=O) groups excluding carboxylic acids is 1. The summed E-state index contributed by atoms with van der Waals surface area (Å²) in [6, 6.07) is 13.9. The van der Waals surface area contributed by atoms with Gasteiger partial charge in [0.25, 0.3) is 5.91 Å². The van der Waals surface area contributed by atoms with Gasteiger partial charge in [-0.2, -0.15) is 0 Å². The van der Waals surface area contributed by atoms with Gasteiger partial charge in [-0.3, -0.25) is 9.69 Å². The number of rotatable bonds is 4. The van der Waals surface area contributed by atoms with Crippen LogP contribution >= 0.6 is 0 Å². The van der Waals surface area contributed by atoms with Gasteiger partial charge in [0.2, 0.25) is 0 Å². The van der Waals surface area contributed by atoms with E-state index in [0.717, 1.165) is 26.1 Å². The van der Waals surface area contributed by atoms with E-state index in [-0.39, 0.29) is 17.6 Å². The number of para-hydroxylation sites is 1. The minimum absolute atomic E-state index is 0.119. The molecule has 2 aromatic carbocycles. The zero-order chi connectivity index (χ0) is 18.1. The first kappa shape index (κ1) is 16.6. The fourth-order valence-corrected chi connectivity index (χ4v) is 3.67. The van der Waals surface area contributed by atoms with Gasteiger partial charge in [0.05, 0.1) is 16.6 Å². The molecule has 1 amide bonds. The zero-order valence-corrected chi connectivity index (χ0v) is 14.7. The average molecular weight is 350 g/mol. The standard InChI is InChI=1S/C20H22N4O2/c1-13-4-2-5-14(10-13)11-24-9-8-15(12-24)21-19(25)16-6-3-7-17-18(16)23-20(26)22-17/h2-7,10,15H,8-9,11-12H2,1H3,(H,21,25)(H2,22,23,26)/t15-/m1/s1. The Kier molecular flexibility index (Phi) is 4.34. The number of H-pyrrole nitrogens is 2. The maximum absolute atomic E-state index is 12.7. The molecule has 0 radical (unpaired) electrons. The lowest BCUT2D eigenvalue weighted by Crippen LogP contribution is -2.37. The van der Waals surface area contributed by atoms with Gasteiger partial charge in [-0.15, -0.1) is 0 Å². The molecule has 1 atom stereocenters. The van der Waals surface area contributed by atoms with Crippen molar-refractivity contribution in [1.29, 1.82) is 0 Å². The molecular weight excluding hydrogens is 328 g/mol. The molecule has 4 rings (SSSR count). The molecule has 3 N–H and O–H groups in total. The lowest BCUT2D eigenvalue weighted by Gasteiger charge is -2.17. The van der Waals surface area contributed by atoms with Crippen molar-refractivity contribution in [3.63, 3.8) is 0 Å². The molecule has 1 saturated heterocycles. The van der Waals surface area contributed by atoms with Gasteiger partial charge in [0.1, 0.15) is 0 Å². The van der Waals surface area contributed by atoms with E-state index >= 15 is 0 Å². The normalized spacial score (nSPS) is 17.7. The van der Waals surface area contributed by atoms with Crippen molar-refractivity contribution in [2.24, 2.45) is 0 Å². The van der Waals surface area contributed by atoms with Crippen LogP contribution in [-0.4, -0.2) is 39.9 Å². The van der Waals surface area contributed by atoms with Gasteiger partial charge in [-0.25, -0.2) is 4.79 Å². The first-order chi connectivity index (χ1) is 12.6. The number of aromatic amines is 2. The number of carbonyl (C=O) groups is 1. The maximum Gasteiger partial charge on any atom is 0.323 e. The number of aromatic nitrogens is 2. The second-order valence-corrected chi connectivity index (χ2v) is 6.99. The number of benzene rings is 2. The molecule has 6 heteroatoms. The highest BCUT2D eigenvalue weighted by molar-refractivity contribution is 6.04. The maximum atomic E-state index is 12.7. The van der Waals surface area contributed by atoms with Crippen molar-refractivity contribution in [3.05, 3.63) is 69.6 Å². The summed E-state index contributed by atoms with van der Waals surface area (Å²) >= 11 is 0. The van der Waals surface area contributed by atoms with Crippen LogP contribution in [0.4, 0.5) is 0 Å². The Morgan fingerprint density at radius 2 is 2.08 bits per heavy atom. The third-order valence-electron chi connectivity index (χ3n) is 4.89. The SMILES string of the molecule is Cc1cccc(CN2CC[C@@H](NC(=O)c3cccc4[nH]c(=O)[nH]c34)C2)c1. The van der Waals surface area contributed by atoms with E-state index in [1.807, 2.05) is 0 Å². The number of nitrogens with zero attached hydrogens (tertiary/aromatic N) is 1. The Bertz CT molecular complexity index is 1000. The summed E-state index contributed by atoms with van der Waals surface area (Å²) in [5.74, 6) is -0.145. The predicted octanol–water partition coefficient (Wildman–Crippen LogP) is 2.17. The molecular formula is C20H22N4O2. The van der Waals surface area contributed by atoms with Gasteiger partial charge in [0.15, 0.2) is 0 Å². The number of nitrogens with one attached hydrogen (secondary N) is 3.